The van der Waals surface area contributed by atoms with Crippen molar-refractivity contribution in [3.8, 4) is 0 Å². The molecule has 2 aliphatic rings. The molecule has 5 heteroatoms. The summed E-state index contributed by atoms with van der Waals surface area (Å²) in [6.45, 7) is 3.63. The van der Waals surface area contributed by atoms with E-state index in [0.717, 1.165) is 55.3 Å². The van der Waals surface area contributed by atoms with Crippen molar-refractivity contribution in [1.29, 1.82) is 0 Å². The lowest BCUT2D eigenvalue weighted by Crippen LogP contribution is -2.36. The van der Waals surface area contributed by atoms with Crippen LogP contribution >= 0.6 is 0 Å². The van der Waals surface area contributed by atoms with Gasteiger partial charge < -0.3 is 15.2 Å². The molecule has 0 bridgehead atoms. The lowest BCUT2D eigenvalue weighted by Gasteiger charge is -2.26. The molecule has 2 N–H and O–H groups in total. The van der Waals surface area contributed by atoms with Crippen LogP contribution in [-0.2, 0) is 19.4 Å². The summed E-state index contributed by atoms with van der Waals surface area (Å²) in [6.07, 6.45) is 6.22. The number of hydrogen-bond acceptors (Lipinski definition) is 3. The molecule has 1 atom stereocenters. The minimum Gasteiger partial charge on any atom is -0.347 e. The molecule has 1 aromatic heterocycles. The first-order valence-corrected chi connectivity index (χ1v) is 8.89. The summed E-state index contributed by atoms with van der Waals surface area (Å²) in [5.74, 6) is 0.835. The number of imidazole rings is 1. The number of aromatic nitrogens is 2. The highest BCUT2D eigenvalue weighted by Gasteiger charge is 2.23. The minimum absolute atomic E-state index is 0.112. The van der Waals surface area contributed by atoms with Crippen molar-refractivity contribution in [2.24, 2.45) is 5.92 Å². The number of piperidine rings is 1. The van der Waals surface area contributed by atoms with Crippen LogP contribution in [0.25, 0.3) is 0 Å². The third kappa shape index (κ3) is 3.22. The SMILES string of the molecule is O=C(c1ccc(CC2CCCNC2)cc1)N1CCc2nc[nH]c2C1. The van der Waals surface area contributed by atoms with Crippen molar-refractivity contribution in [2.45, 2.75) is 32.2 Å². The van der Waals surface area contributed by atoms with Crippen molar-refractivity contribution in [3.63, 3.8) is 0 Å². The lowest BCUT2D eigenvalue weighted by molar-refractivity contribution is 0.0732. The Morgan fingerprint density at radius 1 is 1.29 bits per heavy atom. The maximum atomic E-state index is 12.7. The van der Waals surface area contributed by atoms with E-state index in [1.807, 2.05) is 17.0 Å². The monoisotopic (exact) mass is 324 g/mol. The lowest BCUT2D eigenvalue weighted by atomic mass is 9.92. The van der Waals surface area contributed by atoms with E-state index < -0.39 is 0 Å². The number of benzene rings is 1. The van der Waals surface area contributed by atoms with Crippen LogP contribution in [0.2, 0.25) is 0 Å². The van der Waals surface area contributed by atoms with E-state index >= 15 is 0 Å². The average Bonchev–Trinajstić information content (AvgIpc) is 3.10. The Kier molecular flexibility index (Phi) is 4.34. The minimum atomic E-state index is 0.112. The van der Waals surface area contributed by atoms with Gasteiger partial charge in [0.1, 0.15) is 0 Å². The van der Waals surface area contributed by atoms with Crippen molar-refractivity contribution in [2.75, 3.05) is 19.6 Å². The van der Waals surface area contributed by atoms with Gasteiger partial charge in [-0.15, -0.1) is 0 Å². The first kappa shape index (κ1) is 15.4. The standard InChI is InChI=1S/C19H24N4O/c24-19(23-9-7-17-18(12-23)22-13-21-17)16-5-3-14(4-6-16)10-15-2-1-8-20-11-15/h3-6,13,15,20H,1-2,7-12H2,(H,21,22). The molecular weight excluding hydrogens is 300 g/mol. The van der Waals surface area contributed by atoms with Crippen LogP contribution in [0, 0.1) is 5.92 Å². The maximum Gasteiger partial charge on any atom is 0.254 e. The number of amides is 1. The van der Waals surface area contributed by atoms with Gasteiger partial charge in [-0.1, -0.05) is 12.1 Å². The molecule has 2 aromatic rings. The van der Waals surface area contributed by atoms with E-state index in [2.05, 4.69) is 27.4 Å². The Balaban J connectivity index is 1.40. The van der Waals surface area contributed by atoms with Crippen LogP contribution in [-0.4, -0.2) is 40.4 Å². The van der Waals surface area contributed by atoms with Crippen molar-refractivity contribution in [3.05, 3.63) is 53.1 Å². The molecule has 24 heavy (non-hydrogen) atoms. The highest BCUT2D eigenvalue weighted by molar-refractivity contribution is 5.94. The summed E-state index contributed by atoms with van der Waals surface area (Å²) >= 11 is 0. The molecule has 1 amide bonds. The second kappa shape index (κ2) is 6.77. The Morgan fingerprint density at radius 2 is 2.17 bits per heavy atom. The van der Waals surface area contributed by atoms with Crippen LogP contribution in [0.5, 0.6) is 0 Å². The molecule has 1 aromatic carbocycles. The highest BCUT2D eigenvalue weighted by atomic mass is 16.2. The predicted molar refractivity (Wildman–Crippen MR) is 92.8 cm³/mol. The van der Waals surface area contributed by atoms with Crippen molar-refractivity contribution < 1.29 is 4.79 Å². The summed E-state index contributed by atoms with van der Waals surface area (Å²) in [7, 11) is 0. The fourth-order valence-electron chi connectivity index (χ4n) is 3.78. The third-order valence-electron chi connectivity index (χ3n) is 5.19. The Morgan fingerprint density at radius 3 is 2.96 bits per heavy atom. The molecule has 0 radical (unpaired) electrons. The van der Waals surface area contributed by atoms with Gasteiger partial charge >= 0.3 is 0 Å². The van der Waals surface area contributed by atoms with E-state index in [4.69, 9.17) is 0 Å². The van der Waals surface area contributed by atoms with Crippen LogP contribution in [0.1, 0.15) is 40.2 Å². The normalized spacial score (nSPS) is 20.7. The second-order valence-electron chi connectivity index (χ2n) is 6.92. The molecule has 5 nitrogen and oxygen atoms in total. The van der Waals surface area contributed by atoms with Gasteiger partial charge in [-0.05, 0) is 56.0 Å². The average molecular weight is 324 g/mol. The zero-order chi connectivity index (χ0) is 16.4. The number of fused-ring (bicyclic) bond motifs is 1. The topological polar surface area (TPSA) is 61.0 Å². The largest absolute Gasteiger partial charge is 0.347 e. The van der Waals surface area contributed by atoms with Crippen LogP contribution in [0.15, 0.2) is 30.6 Å². The predicted octanol–water partition coefficient (Wildman–Crippen LogP) is 2.15. The molecule has 1 fully saturated rings. The van der Waals surface area contributed by atoms with Crippen molar-refractivity contribution in [1.82, 2.24) is 20.2 Å². The van der Waals surface area contributed by atoms with Gasteiger partial charge in [-0.25, -0.2) is 4.98 Å². The summed E-state index contributed by atoms with van der Waals surface area (Å²) < 4.78 is 0. The number of carbonyl (C=O) groups is 1. The van der Waals surface area contributed by atoms with Gasteiger partial charge in [0.15, 0.2) is 0 Å². The number of H-pyrrole nitrogens is 1. The number of nitrogens with zero attached hydrogens (tertiary/aromatic N) is 2. The van der Waals surface area contributed by atoms with E-state index in [1.54, 1.807) is 6.33 Å². The first-order valence-electron chi connectivity index (χ1n) is 8.89. The Labute approximate surface area is 142 Å². The third-order valence-corrected chi connectivity index (χ3v) is 5.19. The molecule has 2 aliphatic heterocycles. The second-order valence-corrected chi connectivity index (χ2v) is 6.92. The van der Waals surface area contributed by atoms with Gasteiger partial charge in [-0.3, -0.25) is 4.79 Å². The zero-order valence-corrected chi connectivity index (χ0v) is 13.9. The summed E-state index contributed by atoms with van der Waals surface area (Å²) in [4.78, 5) is 22.0. The van der Waals surface area contributed by atoms with Gasteiger partial charge in [0.25, 0.3) is 5.91 Å². The summed E-state index contributed by atoms with van der Waals surface area (Å²) in [5.41, 5.74) is 4.27. The highest BCUT2D eigenvalue weighted by Crippen LogP contribution is 2.20. The van der Waals surface area contributed by atoms with Gasteiger partial charge in [0.05, 0.1) is 24.3 Å². The molecule has 0 spiro atoms. The van der Waals surface area contributed by atoms with Gasteiger partial charge in [0.2, 0.25) is 0 Å². The molecule has 4 rings (SSSR count). The maximum absolute atomic E-state index is 12.7. The van der Waals surface area contributed by atoms with Gasteiger partial charge in [0, 0.05) is 18.5 Å². The van der Waals surface area contributed by atoms with E-state index in [0.29, 0.717) is 6.54 Å². The molecule has 3 heterocycles. The molecule has 126 valence electrons. The van der Waals surface area contributed by atoms with Crippen LogP contribution < -0.4 is 5.32 Å². The molecule has 1 saturated heterocycles. The number of rotatable bonds is 3. The molecular formula is C19H24N4O. The zero-order valence-electron chi connectivity index (χ0n) is 13.9. The number of carbonyl (C=O) groups excluding carboxylic acids is 1. The van der Waals surface area contributed by atoms with Crippen LogP contribution in [0.4, 0.5) is 0 Å². The molecule has 0 saturated carbocycles. The number of aromatic amines is 1. The fourth-order valence-corrected chi connectivity index (χ4v) is 3.78. The number of nitrogens with one attached hydrogen (secondary N) is 2. The first-order chi connectivity index (χ1) is 11.8. The Bertz CT molecular complexity index is 700. The van der Waals surface area contributed by atoms with E-state index in [1.165, 1.54) is 18.4 Å². The van der Waals surface area contributed by atoms with Crippen molar-refractivity contribution >= 4 is 5.91 Å². The van der Waals surface area contributed by atoms with Gasteiger partial charge in [-0.2, -0.15) is 0 Å². The molecule has 0 aliphatic carbocycles. The summed E-state index contributed by atoms with van der Waals surface area (Å²) in [5, 5.41) is 3.46. The smallest absolute Gasteiger partial charge is 0.254 e. The Hall–Kier alpha value is -2.14. The van der Waals surface area contributed by atoms with E-state index in [-0.39, 0.29) is 5.91 Å². The van der Waals surface area contributed by atoms with E-state index in [9.17, 15) is 4.79 Å². The molecule has 1 unspecified atom stereocenters. The fraction of sp³-hybridized carbons (Fsp3) is 0.474. The van der Waals surface area contributed by atoms with Crippen LogP contribution in [0.3, 0.4) is 0 Å². The summed E-state index contributed by atoms with van der Waals surface area (Å²) in [6, 6.07) is 8.20. The number of hydrogen-bond donors (Lipinski definition) is 2. The quantitative estimate of drug-likeness (QED) is 0.909.